The van der Waals surface area contributed by atoms with Crippen molar-refractivity contribution in [3.63, 3.8) is 0 Å². The van der Waals surface area contributed by atoms with Gasteiger partial charge in [0.25, 0.3) is 0 Å². The van der Waals surface area contributed by atoms with Crippen molar-refractivity contribution in [1.29, 1.82) is 5.26 Å². The van der Waals surface area contributed by atoms with E-state index in [1.807, 2.05) is 6.07 Å². The standard InChI is InChI=1S/C7H5ClN2/c1-5-7(8)2-6(3-9)4-10-5/h2,4H,1H3. The Bertz CT molecular complexity index is 288. The molecule has 0 atom stereocenters. The van der Waals surface area contributed by atoms with Crippen molar-refractivity contribution < 1.29 is 0 Å². The summed E-state index contributed by atoms with van der Waals surface area (Å²) in [7, 11) is 0. The van der Waals surface area contributed by atoms with Crippen molar-refractivity contribution in [3.8, 4) is 6.07 Å². The molecule has 0 aromatic carbocycles. The summed E-state index contributed by atoms with van der Waals surface area (Å²) in [6, 6.07) is 3.55. The molecule has 0 amide bonds. The molecule has 0 radical (unpaired) electrons. The molecule has 0 spiro atoms. The monoisotopic (exact) mass is 152 g/mol. The van der Waals surface area contributed by atoms with Crippen LogP contribution in [0.2, 0.25) is 5.02 Å². The first kappa shape index (κ1) is 7.04. The maximum absolute atomic E-state index is 8.40. The Balaban J connectivity index is 3.20. The van der Waals surface area contributed by atoms with E-state index < -0.39 is 0 Å². The van der Waals surface area contributed by atoms with Gasteiger partial charge in [-0.3, -0.25) is 4.98 Å². The van der Waals surface area contributed by atoms with Crippen LogP contribution in [0.5, 0.6) is 0 Å². The third kappa shape index (κ3) is 1.26. The summed E-state index contributed by atoms with van der Waals surface area (Å²) in [5, 5.41) is 8.95. The van der Waals surface area contributed by atoms with Gasteiger partial charge >= 0.3 is 0 Å². The minimum atomic E-state index is 0.496. The molecule has 0 saturated carbocycles. The number of aryl methyl sites for hydroxylation is 1. The third-order valence-corrected chi connectivity index (χ3v) is 1.54. The van der Waals surface area contributed by atoms with E-state index in [0.29, 0.717) is 10.6 Å². The molecule has 3 heteroatoms. The van der Waals surface area contributed by atoms with Crippen LogP contribution in [0.15, 0.2) is 12.3 Å². The first-order valence-electron chi connectivity index (χ1n) is 2.76. The highest BCUT2D eigenvalue weighted by molar-refractivity contribution is 6.31. The average Bonchev–Trinajstić information content (AvgIpc) is 1.95. The zero-order valence-corrected chi connectivity index (χ0v) is 6.18. The van der Waals surface area contributed by atoms with E-state index >= 15 is 0 Å². The summed E-state index contributed by atoms with van der Waals surface area (Å²) in [5.74, 6) is 0. The molecule has 1 heterocycles. The Morgan fingerprint density at radius 3 is 2.90 bits per heavy atom. The van der Waals surface area contributed by atoms with E-state index in [0.717, 1.165) is 5.69 Å². The molecule has 0 aliphatic carbocycles. The Morgan fingerprint density at radius 1 is 1.70 bits per heavy atom. The van der Waals surface area contributed by atoms with E-state index in [9.17, 15) is 0 Å². The molecular formula is C7H5ClN2. The highest BCUT2D eigenvalue weighted by Gasteiger charge is 1.96. The lowest BCUT2D eigenvalue weighted by Gasteiger charge is -1.93. The number of hydrogen-bond donors (Lipinski definition) is 0. The molecule has 0 unspecified atom stereocenters. The zero-order chi connectivity index (χ0) is 7.56. The lowest BCUT2D eigenvalue weighted by molar-refractivity contribution is 1.19. The predicted molar refractivity (Wildman–Crippen MR) is 38.7 cm³/mol. The lowest BCUT2D eigenvalue weighted by Crippen LogP contribution is -1.83. The fraction of sp³-hybridized carbons (Fsp3) is 0.143. The first-order valence-corrected chi connectivity index (χ1v) is 3.14. The smallest absolute Gasteiger partial charge is 0.101 e. The van der Waals surface area contributed by atoms with E-state index in [1.165, 1.54) is 6.20 Å². The first-order chi connectivity index (χ1) is 4.74. The molecule has 10 heavy (non-hydrogen) atoms. The number of aromatic nitrogens is 1. The molecule has 1 aromatic rings. The molecule has 0 saturated heterocycles. The summed E-state index contributed by atoms with van der Waals surface area (Å²) in [4.78, 5) is 3.90. The molecule has 2 nitrogen and oxygen atoms in total. The van der Waals surface area contributed by atoms with Crippen molar-refractivity contribution in [2.24, 2.45) is 0 Å². The van der Waals surface area contributed by atoms with Gasteiger partial charge in [0.1, 0.15) is 6.07 Å². The number of nitrogens with zero attached hydrogens (tertiary/aromatic N) is 2. The molecule has 0 aliphatic heterocycles. The zero-order valence-electron chi connectivity index (χ0n) is 5.43. The fourth-order valence-corrected chi connectivity index (χ4v) is 0.734. The number of rotatable bonds is 0. The summed E-state index contributed by atoms with van der Waals surface area (Å²) in [6.45, 7) is 1.80. The summed E-state index contributed by atoms with van der Waals surface area (Å²) in [5.41, 5.74) is 1.25. The molecule has 1 rings (SSSR count). The second-order valence-electron chi connectivity index (χ2n) is 1.90. The van der Waals surface area contributed by atoms with Crippen LogP contribution >= 0.6 is 11.6 Å². The molecule has 50 valence electrons. The lowest BCUT2D eigenvalue weighted by atomic mass is 10.3. The highest BCUT2D eigenvalue weighted by atomic mass is 35.5. The predicted octanol–water partition coefficient (Wildman–Crippen LogP) is 1.92. The maximum atomic E-state index is 8.40. The van der Waals surface area contributed by atoms with Crippen LogP contribution in [-0.4, -0.2) is 4.98 Å². The van der Waals surface area contributed by atoms with Crippen LogP contribution < -0.4 is 0 Å². The molecule has 1 aromatic heterocycles. The summed E-state index contributed by atoms with van der Waals surface area (Å²) in [6.07, 6.45) is 1.50. The Labute approximate surface area is 64.1 Å². The van der Waals surface area contributed by atoms with Crippen LogP contribution in [0, 0.1) is 18.3 Å². The number of halogens is 1. The Kier molecular flexibility index (Phi) is 1.88. The van der Waals surface area contributed by atoms with Gasteiger partial charge in [0.2, 0.25) is 0 Å². The normalized spacial score (nSPS) is 8.90. The number of nitriles is 1. The molecule has 0 aliphatic rings. The number of pyridine rings is 1. The molecule has 0 bridgehead atoms. The second kappa shape index (κ2) is 2.68. The van der Waals surface area contributed by atoms with Gasteiger partial charge in [0, 0.05) is 6.20 Å². The van der Waals surface area contributed by atoms with Crippen molar-refractivity contribution in [3.05, 3.63) is 28.5 Å². The molecule has 0 fully saturated rings. The van der Waals surface area contributed by atoms with Gasteiger partial charge < -0.3 is 0 Å². The Hall–Kier alpha value is -1.07. The second-order valence-corrected chi connectivity index (χ2v) is 2.31. The summed E-state index contributed by atoms with van der Waals surface area (Å²) < 4.78 is 0. The van der Waals surface area contributed by atoms with E-state index in [1.54, 1.807) is 13.0 Å². The van der Waals surface area contributed by atoms with E-state index in [2.05, 4.69) is 4.98 Å². The SMILES string of the molecule is Cc1ncc(C#N)cc1Cl. The van der Waals surface area contributed by atoms with Gasteiger partial charge in [-0.15, -0.1) is 0 Å². The van der Waals surface area contributed by atoms with Crippen molar-refractivity contribution in [2.45, 2.75) is 6.92 Å². The summed E-state index contributed by atoms with van der Waals surface area (Å²) >= 11 is 5.68. The van der Waals surface area contributed by atoms with Crippen LogP contribution in [0.4, 0.5) is 0 Å². The quantitative estimate of drug-likeness (QED) is 0.570. The maximum Gasteiger partial charge on any atom is 0.101 e. The van der Waals surface area contributed by atoms with Gasteiger partial charge in [-0.1, -0.05) is 11.6 Å². The van der Waals surface area contributed by atoms with Crippen LogP contribution in [0.1, 0.15) is 11.3 Å². The van der Waals surface area contributed by atoms with Gasteiger partial charge in [-0.05, 0) is 13.0 Å². The van der Waals surface area contributed by atoms with E-state index in [4.69, 9.17) is 16.9 Å². The number of hydrogen-bond acceptors (Lipinski definition) is 2. The molecule has 0 N–H and O–H groups in total. The van der Waals surface area contributed by atoms with Gasteiger partial charge in [-0.2, -0.15) is 5.26 Å². The minimum absolute atomic E-state index is 0.496. The van der Waals surface area contributed by atoms with Crippen LogP contribution in [-0.2, 0) is 0 Å². The largest absolute Gasteiger partial charge is 0.259 e. The van der Waals surface area contributed by atoms with Crippen molar-refractivity contribution >= 4 is 11.6 Å². The van der Waals surface area contributed by atoms with Crippen LogP contribution in [0.25, 0.3) is 0 Å². The van der Waals surface area contributed by atoms with Crippen molar-refractivity contribution in [1.82, 2.24) is 4.98 Å². The average molecular weight is 153 g/mol. The van der Waals surface area contributed by atoms with Crippen molar-refractivity contribution in [2.75, 3.05) is 0 Å². The highest BCUT2D eigenvalue weighted by Crippen LogP contribution is 2.12. The Morgan fingerprint density at radius 2 is 2.40 bits per heavy atom. The van der Waals surface area contributed by atoms with Gasteiger partial charge in [-0.25, -0.2) is 0 Å². The van der Waals surface area contributed by atoms with E-state index in [-0.39, 0.29) is 0 Å². The minimum Gasteiger partial charge on any atom is -0.259 e. The third-order valence-electron chi connectivity index (χ3n) is 1.15. The van der Waals surface area contributed by atoms with Gasteiger partial charge in [0.05, 0.1) is 16.3 Å². The molecular weight excluding hydrogens is 148 g/mol. The van der Waals surface area contributed by atoms with Gasteiger partial charge in [0.15, 0.2) is 0 Å². The fourth-order valence-electron chi connectivity index (χ4n) is 0.567. The topological polar surface area (TPSA) is 36.7 Å². The van der Waals surface area contributed by atoms with Crippen LogP contribution in [0.3, 0.4) is 0 Å².